The number of hydrogen-bond donors (Lipinski definition) is 2. The van der Waals surface area contributed by atoms with Gasteiger partial charge in [-0.3, -0.25) is 5.32 Å². The maximum atomic E-state index is 5.36. The van der Waals surface area contributed by atoms with E-state index in [2.05, 4.69) is 211 Å². The molecule has 0 radical (unpaired) electrons. The monoisotopic (exact) mass is 691 g/mol. The summed E-state index contributed by atoms with van der Waals surface area (Å²) in [5.41, 5.74) is 10.6. The molecule has 0 aliphatic carbocycles. The quantitative estimate of drug-likeness (QED) is 0.134. The second-order valence-corrected chi connectivity index (χ2v) is 13.9. The standard InChI is InChI=1S/C51H37N3/c1-4-16-34(17-5-1)40-23-12-15-27-44(40)51-53-49(38-21-8-3-9-22-38)52-50(54-51)39-30-28-37(29-31-39)46-42-25-13-14-26-43(42)47(36-19-6-2-7-20-36)48-41-24-11-10-18-35(41)32-33-45(46)48/h1-33,49,51,53H,(H,52,54). The van der Waals surface area contributed by atoms with Gasteiger partial charge in [-0.05, 0) is 76.8 Å². The molecule has 1 heterocycles. The van der Waals surface area contributed by atoms with E-state index in [1.807, 2.05) is 0 Å². The maximum Gasteiger partial charge on any atom is 0.131 e. The summed E-state index contributed by atoms with van der Waals surface area (Å²) >= 11 is 0. The molecule has 0 fully saturated rings. The first-order valence-corrected chi connectivity index (χ1v) is 18.6. The van der Waals surface area contributed by atoms with Crippen molar-refractivity contribution >= 4 is 38.2 Å². The number of benzene rings is 9. The largest absolute Gasteiger partial charge is 0.350 e. The van der Waals surface area contributed by atoms with Crippen molar-refractivity contribution in [3.63, 3.8) is 0 Å². The number of amidine groups is 1. The van der Waals surface area contributed by atoms with Gasteiger partial charge in [0.25, 0.3) is 0 Å². The van der Waals surface area contributed by atoms with Crippen LogP contribution in [0.1, 0.15) is 29.0 Å². The van der Waals surface area contributed by atoms with E-state index in [1.54, 1.807) is 0 Å². The van der Waals surface area contributed by atoms with Crippen molar-refractivity contribution < 1.29 is 0 Å². The summed E-state index contributed by atoms with van der Waals surface area (Å²) in [5, 5.41) is 15.1. The van der Waals surface area contributed by atoms with Crippen molar-refractivity contribution in [2.24, 2.45) is 4.99 Å². The van der Waals surface area contributed by atoms with E-state index in [4.69, 9.17) is 4.99 Å². The van der Waals surface area contributed by atoms with E-state index in [9.17, 15) is 0 Å². The fourth-order valence-electron chi connectivity index (χ4n) is 8.26. The molecule has 0 bridgehead atoms. The summed E-state index contributed by atoms with van der Waals surface area (Å²) in [6.45, 7) is 0. The Balaban J connectivity index is 1.13. The molecule has 54 heavy (non-hydrogen) atoms. The molecule has 0 aromatic heterocycles. The van der Waals surface area contributed by atoms with Crippen molar-refractivity contribution in [1.29, 1.82) is 0 Å². The zero-order chi connectivity index (χ0) is 35.8. The Hall–Kier alpha value is -6.81. The SMILES string of the molecule is c1ccc(-c2ccccc2C2N=C(c3ccc(-c4c5ccccc5c(-c5ccccc5)c5c4ccc4ccccc45)cc3)NC(c3ccccc3)N2)cc1. The normalized spacial score (nSPS) is 15.6. The lowest BCUT2D eigenvalue weighted by Crippen LogP contribution is -2.45. The van der Waals surface area contributed by atoms with Gasteiger partial charge in [0.2, 0.25) is 0 Å². The van der Waals surface area contributed by atoms with Crippen LogP contribution in [-0.4, -0.2) is 5.84 Å². The smallest absolute Gasteiger partial charge is 0.131 e. The first kappa shape index (κ1) is 31.9. The minimum atomic E-state index is -0.255. The topological polar surface area (TPSA) is 36.4 Å². The molecule has 9 aromatic rings. The van der Waals surface area contributed by atoms with Crippen molar-refractivity contribution in [2.45, 2.75) is 12.3 Å². The van der Waals surface area contributed by atoms with E-state index in [0.29, 0.717) is 0 Å². The van der Waals surface area contributed by atoms with Gasteiger partial charge in [-0.1, -0.05) is 200 Å². The van der Waals surface area contributed by atoms with Gasteiger partial charge in [0, 0.05) is 5.56 Å². The van der Waals surface area contributed by atoms with E-state index in [1.165, 1.54) is 65.7 Å². The molecule has 3 nitrogen and oxygen atoms in total. The zero-order valence-corrected chi connectivity index (χ0v) is 29.7. The third-order valence-corrected chi connectivity index (χ3v) is 10.8. The van der Waals surface area contributed by atoms with Crippen LogP contribution in [0, 0.1) is 0 Å². The lowest BCUT2D eigenvalue weighted by atomic mass is 9.84. The predicted octanol–water partition coefficient (Wildman–Crippen LogP) is 12.5. The van der Waals surface area contributed by atoms with E-state index in [0.717, 1.165) is 22.5 Å². The Kier molecular flexibility index (Phi) is 8.05. The number of nitrogens with zero attached hydrogens (tertiary/aromatic N) is 1. The molecule has 0 amide bonds. The molecule has 1 aliphatic heterocycles. The molecule has 10 rings (SSSR count). The van der Waals surface area contributed by atoms with Gasteiger partial charge in [0.1, 0.15) is 18.2 Å². The average Bonchev–Trinajstić information content (AvgIpc) is 3.26. The lowest BCUT2D eigenvalue weighted by molar-refractivity contribution is 0.409. The Morgan fingerprint density at radius 2 is 0.944 bits per heavy atom. The van der Waals surface area contributed by atoms with Crippen LogP contribution in [0.15, 0.2) is 205 Å². The molecule has 2 unspecified atom stereocenters. The third kappa shape index (κ3) is 5.63. The molecule has 3 heteroatoms. The van der Waals surface area contributed by atoms with Crippen LogP contribution in [-0.2, 0) is 0 Å². The van der Waals surface area contributed by atoms with Gasteiger partial charge in [-0.15, -0.1) is 0 Å². The summed E-state index contributed by atoms with van der Waals surface area (Å²) in [4.78, 5) is 5.36. The van der Waals surface area contributed by atoms with Gasteiger partial charge in [-0.2, -0.15) is 0 Å². The van der Waals surface area contributed by atoms with E-state index >= 15 is 0 Å². The molecule has 2 atom stereocenters. The highest BCUT2D eigenvalue weighted by Gasteiger charge is 2.27. The van der Waals surface area contributed by atoms with Crippen LogP contribution in [0.5, 0.6) is 0 Å². The van der Waals surface area contributed by atoms with Crippen molar-refractivity contribution in [1.82, 2.24) is 10.6 Å². The first-order valence-electron chi connectivity index (χ1n) is 18.6. The molecule has 1 aliphatic rings. The number of nitrogens with one attached hydrogen (secondary N) is 2. The number of hydrogen-bond acceptors (Lipinski definition) is 3. The van der Waals surface area contributed by atoms with Crippen LogP contribution >= 0.6 is 0 Å². The Morgan fingerprint density at radius 3 is 1.69 bits per heavy atom. The maximum absolute atomic E-state index is 5.36. The minimum absolute atomic E-state index is 0.126. The molecule has 0 spiro atoms. The molecule has 256 valence electrons. The zero-order valence-electron chi connectivity index (χ0n) is 29.7. The summed E-state index contributed by atoms with van der Waals surface area (Å²) in [5.74, 6) is 0.863. The van der Waals surface area contributed by atoms with Gasteiger partial charge in [0.15, 0.2) is 0 Å². The highest BCUT2D eigenvalue weighted by atomic mass is 15.3. The van der Waals surface area contributed by atoms with Crippen LogP contribution in [0.2, 0.25) is 0 Å². The lowest BCUT2D eigenvalue weighted by Gasteiger charge is -2.33. The van der Waals surface area contributed by atoms with Crippen LogP contribution in [0.25, 0.3) is 65.7 Å². The van der Waals surface area contributed by atoms with Crippen molar-refractivity contribution in [3.05, 3.63) is 217 Å². The molecule has 9 aromatic carbocycles. The van der Waals surface area contributed by atoms with Crippen molar-refractivity contribution in [2.75, 3.05) is 0 Å². The summed E-state index contributed by atoms with van der Waals surface area (Å²) in [7, 11) is 0. The number of rotatable bonds is 6. The van der Waals surface area contributed by atoms with Crippen LogP contribution in [0.3, 0.4) is 0 Å². The summed E-state index contributed by atoms with van der Waals surface area (Å²) in [6.07, 6.45) is -0.381. The van der Waals surface area contributed by atoms with Crippen molar-refractivity contribution in [3.8, 4) is 33.4 Å². The minimum Gasteiger partial charge on any atom is -0.350 e. The molecule has 0 saturated carbocycles. The van der Waals surface area contributed by atoms with Gasteiger partial charge >= 0.3 is 0 Å². The fraction of sp³-hybridized carbons (Fsp3) is 0.0392. The number of aliphatic imine (C=N–C) groups is 1. The third-order valence-electron chi connectivity index (χ3n) is 10.8. The highest BCUT2D eigenvalue weighted by Crippen LogP contribution is 2.46. The summed E-state index contributed by atoms with van der Waals surface area (Å²) < 4.78 is 0. The fourth-order valence-corrected chi connectivity index (χ4v) is 8.26. The average molecular weight is 692 g/mol. The Labute approximate surface area is 315 Å². The number of fused-ring (bicyclic) bond motifs is 4. The second-order valence-electron chi connectivity index (χ2n) is 13.9. The predicted molar refractivity (Wildman–Crippen MR) is 226 cm³/mol. The van der Waals surface area contributed by atoms with E-state index < -0.39 is 0 Å². The molecule has 0 saturated heterocycles. The van der Waals surface area contributed by atoms with E-state index in [-0.39, 0.29) is 12.3 Å². The Morgan fingerprint density at radius 1 is 0.389 bits per heavy atom. The van der Waals surface area contributed by atoms with Gasteiger partial charge < -0.3 is 5.32 Å². The van der Waals surface area contributed by atoms with Crippen LogP contribution in [0.4, 0.5) is 0 Å². The first-order chi connectivity index (χ1) is 26.8. The highest BCUT2D eigenvalue weighted by molar-refractivity contribution is 6.27. The van der Waals surface area contributed by atoms with Gasteiger partial charge in [-0.25, -0.2) is 4.99 Å². The molecular formula is C51H37N3. The second kappa shape index (κ2) is 13.6. The van der Waals surface area contributed by atoms with Crippen LogP contribution < -0.4 is 10.6 Å². The summed E-state index contributed by atoms with van der Waals surface area (Å²) in [6, 6.07) is 71.8. The molecular weight excluding hydrogens is 655 g/mol. The molecule has 2 N–H and O–H groups in total. The Bertz CT molecular complexity index is 2810. The van der Waals surface area contributed by atoms with Gasteiger partial charge in [0.05, 0.1) is 0 Å².